The van der Waals surface area contributed by atoms with Crippen LogP contribution in [-0.2, 0) is 4.74 Å². The van der Waals surface area contributed by atoms with Gasteiger partial charge < -0.3 is 15.0 Å². The minimum Gasteiger partial charge on any atom is -0.462 e. The lowest BCUT2D eigenvalue weighted by Gasteiger charge is -2.56. The van der Waals surface area contributed by atoms with E-state index in [-0.39, 0.29) is 23.4 Å². The van der Waals surface area contributed by atoms with Gasteiger partial charge in [0.15, 0.2) is 0 Å². The Morgan fingerprint density at radius 1 is 1.24 bits per heavy atom. The second kappa shape index (κ2) is 5.97. The third-order valence-electron chi connectivity index (χ3n) is 5.94. The number of H-pyrrole nitrogens is 1. The summed E-state index contributed by atoms with van der Waals surface area (Å²) < 4.78 is 4.97. The van der Waals surface area contributed by atoms with Gasteiger partial charge in [-0.3, -0.25) is 4.79 Å². The number of aromatic nitrogens is 2. The van der Waals surface area contributed by atoms with Crippen LogP contribution in [0.25, 0.3) is 0 Å². The van der Waals surface area contributed by atoms with Gasteiger partial charge in [-0.15, -0.1) is 0 Å². The highest BCUT2D eigenvalue weighted by molar-refractivity contribution is 6.03. The van der Waals surface area contributed by atoms with Crippen LogP contribution in [0.5, 0.6) is 0 Å². The van der Waals surface area contributed by atoms with Crippen molar-refractivity contribution in [3.8, 4) is 0 Å². The summed E-state index contributed by atoms with van der Waals surface area (Å²) in [6, 6.07) is 0. The molecular formula is C18H23N3O4. The van der Waals surface area contributed by atoms with Gasteiger partial charge in [0, 0.05) is 11.7 Å². The zero-order chi connectivity index (χ0) is 17.6. The summed E-state index contributed by atoms with van der Waals surface area (Å²) in [5.41, 5.74) is -0.993. The number of carbonyl (C=O) groups excluding carboxylic acids is 2. The van der Waals surface area contributed by atoms with Crippen LogP contribution in [0.3, 0.4) is 0 Å². The van der Waals surface area contributed by atoms with Crippen molar-refractivity contribution < 1.29 is 14.3 Å². The molecule has 1 heterocycles. The maximum atomic E-state index is 12.9. The normalized spacial score (nSPS) is 32.4. The fourth-order valence-electron chi connectivity index (χ4n) is 5.50. The number of amides is 1. The Hall–Kier alpha value is -2.18. The van der Waals surface area contributed by atoms with Crippen LogP contribution in [0.1, 0.15) is 66.3 Å². The lowest BCUT2D eigenvalue weighted by molar-refractivity contribution is -0.0168. The molecule has 5 rings (SSSR count). The Morgan fingerprint density at radius 3 is 2.40 bits per heavy atom. The van der Waals surface area contributed by atoms with E-state index in [1.165, 1.54) is 25.5 Å². The molecule has 7 nitrogen and oxygen atoms in total. The molecule has 0 spiro atoms. The summed E-state index contributed by atoms with van der Waals surface area (Å²) in [6.45, 7) is 1.88. The fraction of sp³-hybridized carbons (Fsp3) is 0.667. The fourth-order valence-corrected chi connectivity index (χ4v) is 5.50. The van der Waals surface area contributed by atoms with E-state index in [2.05, 4.69) is 15.3 Å². The second-order valence-corrected chi connectivity index (χ2v) is 7.84. The molecule has 0 unspecified atom stereocenters. The molecule has 0 aromatic carbocycles. The summed E-state index contributed by atoms with van der Waals surface area (Å²) in [4.78, 5) is 42.6. The Labute approximate surface area is 145 Å². The smallest absolute Gasteiger partial charge is 0.345 e. The maximum Gasteiger partial charge on any atom is 0.345 e. The predicted molar refractivity (Wildman–Crippen MR) is 89.2 cm³/mol. The molecule has 0 radical (unpaired) electrons. The third kappa shape index (κ3) is 2.96. The van der Waals surface area contributed by atoms with Gasteiger partial charge in [-0.1, -0.05) is 0 Å². The van der Waals surface area contributed by atoms with Crippen LogP contribution >= 0.6 is 0 Å². The highest BCUT2D eigenvalue weighted by Gasteiger charge is 2.51. The number of nitrogens with zero attached hydrogens (tertiary/aromatic N) is 1. The van der Waals surface area contributed by atoms with Gasteiger partial charge in [-0.05, 0) is 63.2 Å². The van der Waals surface area contributed by atoms with Crippen molar-refractivity contribution in [1.82, 2.24) is 15.3 Å². The highest BCUT2D eigenvalue weighted by atomic mass is 16.5. The largest absolute Gasteiger partial charge is 0.462 e. The lowest BCUT2D eigenvalue weighted by Crippen LogP contribution is -2.60. The van der Waals surface area contributed by atoms with E-state index in [1.54, 1.807) is 6.92 Å². The van der Waals surface area contributed by atoms with Gasteiger partial charge in [0.05, 0.1) is 6.61 Å². The van der Waals surface area contributed by atoms with Crippen LogP contribution in [0.15, 0.2) is 11.0 Å². The highest BCUT2D eigenvalue weighted by Crippen LogP contribution is 2.55. The average Bonchev–Trinajstić information content (AvgIpc) is 2.53. The molecule has 0 aliphatic heterocycles. The molecule has 4 aliphatic rings. The minimum absolute atomic E-state index is 0.00341. The Kier molecular flexibility index (Phi) is 3.89. The number of hydrogen-bond acceptors (Lipinski definition) is 5. The number of aromatic amines is 1. The van der Waals surface area contributed by atoms with Crippen molar-refractivity contribution in [3.05, 3.63) is 27.9 Å². The molecule has 25 heavy (non-hydrogen) atoms. The minimum atomic E-state index is -0.651. The van der Waals surface area contributed by atoms with Gasteiger partial charge in [0.2, 0.25) is 0 Å². The molecule has 4 fully saturated rings. The van der Waals surface area contributed by atoms with E-state index in [0.29, 0.717) is 17.8 Å². The zero-order valence-corrected chi connectivity index (χ0v) is 14.3. The van der Waals surface area contributed by atoms with Crippen molar-refractivity contribution in [3.63, 3.8) is 0 Å². The number of nitrogens with one attached hydrogen (secondary N) is 2. The van der Waals surface area contributed by atoms with E-state index in [1.807, 2.05) is 0 Å². The summed E-state index contributed by atoms with van der Waals surface area (Å²) >= 11 is 0. The SMILES string of the molecule is CCOC(=O)c1c[nH]c(=O)nc1C(=O)NC12CC3CC(CC(C3)C1)C2. The molecule has 4 saturated carbocycles. The lowest BCUT2D eigenvalue weighted by atomic mass is 9.53. The average molecular weight is 345 g/mol. The number of hydrogen-bond donors (Lipinski definition) is 2. The Balaban J connectivity index is 1.60. The molecule has 4 bridgehead atoms. The first-order valence-corrected chi connectivity index (χ1v) is 9.07. The monoisotopic (exact) mass is 345 g/mol. The summed E-state index contributed by atoms with van der Waals surface area (Å²) in [5, 5.41) is 3.14. The molecule has 0 saturated heterocycles. The number of esters is 1. The van der Waals surface area contributed by atoms with E-state index < -0.39 is 17.6 Å². The summed E-state index contributed by atoms with van der Waals surface area (Å²) in [5.74, 6) is 0.952. The van der Waals surface area contributed by atoms with Crippen molar-refractivity contribution in [2.24, 2.45) is 17.8 Å². The van der Waals surface area contributed by atoms with Crippen LogP contribution < -0.4 is 11.0 Å². The molecule has 4 aliphatic carbocycles. The van der Waals surface area contributed by atoms with Crippen LogP contribution in [-0.4, -0.2) is 34.0 Å². The molecule has 7 heteroatoms. The maximum absolute atomic E-state index is 12.9. The first kappa shape index (κ1) is 16.3. The molecule has 1 amide bonds. The molecule has 134 valence electrons. The van der Waals surface area contributed by atoms with Crippen LogP contribution in [0.2, 0.25) is 0 Å². The standard InChI is InChI=1S/C18H23N3O4/c1-2-25-16(23)13-9-19-17(24)20-14(13)15(22)21-18-6-10-3-11(7-18)5-12(4-10)8-18/h9-12H,2-8H2,1H3,(H,21,22)(H,19,20,24). The van der Waals surface area contributed by atoms with E-state index in [9.17, 15) is 14.4 Å². The molecular weight excluding hydrogens is 322 g/mol. The van der Waals surface area contributed by atoms with Crippen molar-refractivity contribution >= 4 is 11.9 Å². The molecule has 2 N–H and O–H groups in total. The van der Waals surface area contributed by atoms with Crippen molar-refractivity contribution in [2.75, 3.05) is 6.61 Å². The molecule has 1 aromatic heterocycles. The second-order valence-electron chi connectivity index (χ2n) is 7.84. The van der Waals surface area contributed by atoms with Crippen LogP contribution in [0.4, 0.5) is 0 Å². The van der Waals surface area contributed by atoms with Crippen LogP contribution in [0, 0.1) is 17.8 Å². The third-order valence-corrected chi connectivity index (χ3v) is 5.94. The van der Waals surface area contributed by atoms with Gasteiger partial charge in [0.25, 0.3) is 5.91 Å². The molecule has 0 atom stereocenters. The number of rotatable bonds is 4. The van der Waals surface area contributed by atoms with Crippen molar-refractivity contribution in [1.29, 1.82) is 0 Å². The Morgan fingerprint density at radius 2 is 1.84 bits per heavy atom. The Bertz CT molecular complexity index is 735. The van der Waals surface area contributed by atoms with Gasteiger partial charge in [-0.2, -0.15) is 4.98 Å². The van der Waals surface area contributed by atoms with Gasteiger partial charge in [-0.25, -0.2) is 9.59 Å². The number of ether oxygens (including phenoxy) is 1. The van der Waals surface area contributed by atoms with E-state index >= 15 is 0 Å². The van der Waals surface area contributed by atoms with Crippen molar-refractivity contribution in [2.45, 2.75) is 51.0 Å². The number of carbonyl (C=O) groups is 2. The molecule has 1 aromatic rings. The zero-order valence-electron chi connectivity index (χ0n) is 14.3. The topological polar surface area (TPSA) is 101 Å². The van der Waals surface area contributed by atoms with Gasteiger partial charge in [0.1, 0.15) is 11.3 Å². The van der Waals surface area contributed by atoms with Gasteiger partial charge >= 0.3 is 11.7 Å². The van der Waals surface area contributed by atoms with E-state index in [4.69, 9.17) is 4.74 Å². The first-order chi connectivity index (χ1) is 12.0. The summed E-state index contributed by atoms with van der Waals surface area (Å²) in [7, 11) is 0. The van der Waals surface area contributed by atoms with E-state index in [0.717, 1.165) is 19.3 Å². The first-order valence-electron chi connectivity index (χ1n) is 9.07. The summed E-state index contributed by atoms with van der Waals surface area (Å²) in [6.07, 6.45) is 7.99. The quantitative estimate of drug-likeness (QED) is 0.808. The predicted octanol–water partition coefficient (Wildman–Crippen LogP) is 1.65.